The number of aliphatic hydroxyl groups is 1. The van der Waals surface area contributed by atoms with Gasteiger partial charge in [0, 0.05) is 11.8 Å². The highest BCUT2D eigenvalue weighted by Gasteiger charge is 2.31. The number of rotatable bonds is 12. The predicted octanol–water partition coefficient (Wildman–Crippen LogP) is 7.12. The van der Waals surface area contributed by atoms with E-state index in [1.807, 2.05) is 25.1 Å². The van der Waals surface area contributed by atoms with Crippen LogP contribution in [0, 0.1) is 13.8 Å². The molecule has 0 saturated carbocycles. The van der Waals surface area contributed by atoms with Crippen LogP contribution in [0.4, 0.5) is 0 Å². The van der Waals surface area contributed by atoms with Crippen LogP contribution < -0.4 is 4.74 Å². The second-order valence-corrected chi connectivity index (χ2v) is 10.7. The maximum Gasteiger partial charge on any atom is 0.303 e. The van der Waals surface area contributed by atoms with Crippen LogP contribution in [0.25, 0.3) is 11.1 Å². The number of carbonyl (C=O) groups excluding carboxylic acids is 1. The molecule has 0 unspecified atom stereocenters. The third kappa shape index (κ3) is 6.51. The van der Waals surface area contributed by atoms with Crippen molar-refractivity contribution in [1.82, 2.24) is 0 Å². The third-order valence-corrected chi connectivity index (χ3v) is 7.62. The lowest BCUT2D eigenvalue weighted by molar-refractivity contribution is -0.138. The molecule has 0 atom stereocenters. The van der Waals surface area contributed by atoms with Gasteiger partial charge in [-0.1, -0.05) is 68.4 Å². The summed E-state index contributed by atoms with van der Waals surface area (Å²) in [4.78, 5) is 22.7. The second kappa shape index (κ2) is 12.0. The first kappa shape index (κ1) is 29.1. The van der Waals surface area contributed by atoms with Crippen LogP contribution >= 0.6 is 0 Å². The smallest absolute Gasteiger partial charge is 0.303 e. The second-order valence-electron chi connectivity index (χ2n) is 10.7. The summed E-state index contributed by atoms with van der Waals surface area (Å²) in [6, 6.07) is 20.9. The maximum absolute atomic E-state index is 12.0. The number of Topliss-reactive ketones (excluding diaryl/α,β-unsaturated/α-hetero) is 1. The zero-order chi connectivity index (χ0) is 28.1. The number of carbonyl (C=O) groups is 2. The first-order chi connectivity index (χ1) is 17.9. The predicted molar refractivity (Wildman–Crippen MR) is 152 cm³/mol. The van der Waals surface area contributed by atoms with Gasteiger partial charge in [0.15, 0.2) is 5.78 Å². The number of hydrogen-bond donors (Lipinski definition) is 2. The minimum Gasteiger partial charge on any atom is -0.486 e. The van der Waals surface area contributed by atoms with Gasteiger partial charge in [-0.3, -0.25) is 9.59 Å². The molecule has 0 aliphatic heterocycles. The molecule has 0 aliphatic rings. The molecule has 0 bridgehead atoms. The van der Waals surface area contributed by atoms with Crippen molar-refractivity contribution in [3.8, 4) is 16.9 Å². The fourth-order valence-corrected chi connectivity index (χ4v) is 5.16. The summed E-state index contributed by atoms with van der Waals surface area (Å²) in [6.45, 7) is 12.0. The third-order valence-electron chi connectivity index (χ3n) is 7.62. The van der Waals surface area contributed by atoms with E-state index in [9.17, 15) is 14.7 Å². The fraction of sp³-hybridized carbons (Fsp3) is 0.394. The molecule has 202 valence electrons. The SMILES string of the molecule is CCC(CC)(c1ccc(OCC(=O)CCC(=O)O)c(C)c1)c1ccc(-c2ccc(C(C)(C)O)cc2)c(C)c1. The number of aryl methyl sites for hydroxylation is 2. The highest BCUT2D eigenvalue weighted by Crippen LogP contribution is 2.42. The molecule has 0 fully saturated rings. The number of ketones is 1. The van der Waals surface area contributed by atoms with Crippen molar-refractivity contribution in [1.29, 1.82) is 0 Å². The van der Waals surface area contributed by atoms with Crippen molar-refractivity contribution in [2.24, 2.45) is 0 Å². The van der Waals surface area contributed by atoms with E-state index >= 15 is 0 Å². The van der Waals surface area contributed by atoms with Gasteiger partial charge >= 0.3 is 5.97 Å². The summed E-state index contributed by atoms with van der Waals surface area (Å²) in [5.74, 6) is -0.571. The average molecular weight is 517 g/mol. The Morgan fingerprint density at radius 2 is 1.34 bits per heavy atom. The van der Waals surface area contributed by atoms with Crippen LogP contribution in [-0.4, -0.2) is 28.6 Å². The van der Waals surface area contributed by atoms with Gasteiger partial charge < -0.3 is 14.9 Å². The summed E-state index contributed by atoms with van der Waals surface area (Å²) in [7, 11) is 0. The first-order valence-corrected chi connectivity index (χ1v) is 13.3. The Balaban J connectivity index is 1.87. The van der Waals surface area contributed by atoms with Gasteiger partial charge in [-0.05, 0) is 85.5 Å². The summed E-state index contributed by atoms with van der Waals surface area (Å²) in [5, 5.41) is 19.0. The Morgan fingerprint density at radius 1 is 0.789 bits per heavy atom. The molecule has 0 spiro atoms. The van der Waals surface area contributed by atoms with E-state index in [0.717, 1.165) is 29.5 Å². The lowest BCUT2D eigenvalue weighted by Gasteiger charge is -2.34. The quantitative estimate of drug-likeness (QED) is 0.268. The molecule has 5 heteroatoms. The molecule has 38 heavy (non-hydrogen) atoms. The maximum atomic E-state index is 12.0. The van der Waals surface area contributed by atoms with Crippen LogP contribution in [0.3, 0.4) is 0 Å². The molecule has 0 heterocycles. The van der Waals surface area contributed by atoms with Crippen molar-refractivity contribution in [2.75, 3.05) is 6.61 Å². The molecule has 0 radical (unpaired) electrons. The van der Waals surface area contributed by atoms with Crippen molar-refractivity contribution in [3.63, 3.8) is 0 Å². The number of carboxylic acid groups (broad SMARTS) is 1. The monoisotopic (exact) mass is 516 g/mol. The molecule has 0 amide bonds. The summed E-state index contributed by atoms with van der Waals surface area (Å²) >= 11 is 0. The topological polar surface area (TPSA) is 83.8 Å². The van der Waals surface area contributed by atoms with E-state index < -0.39 is 11.6 Å². The minimum absolute atomic E-state index is 0.0276. The van der Waals surface area contributed by atoms with Gasteiger partial charge in [0.2, 0.25) is 0 Å². The Morgan fingerprint density at radius 3 is 1.84 bits per heavy atom. The van der Waals surface area contributed by atoms with E-state index in [-0.39, 0.29) is 30.6 Å². The normalized spacial score (nSPS) is 11.9. The molecule has 2 N–H and O–H groups in total. The molecule has 0 saturated heterocycles. The van der Waals surface area contributed by atoms with E-state index in [1.165, 1.54) is 22.3 Å². The number of benzene rings is 3. The van der Waals surface area contributed by atoms with Gasteiger partial charge in [0.25, 0.3) is 0 Å². The zero-order valence-electron chi connectivity index (χ0n) is 23.4. The molecule has 0 aliphatic carbocycles. The Hall–Kier alpha value is -3.44. The van der Waals surface area contributed by atoms with E-state index in [0.29, 0.717) is 5.75 Å². The Kier molecular flexibility index (Phi) is 9.16. The number of ether oxygens (including phenoxy) is 1. The van der Waals surface area contributed by atoms with Crippen molar-refractivity contribution < 1.29 is 24.5 Å². The summed E-state index contributed by atoms with van der Waals surface area (Å²) in [5.41, 5.74) is 6.74. The highest BCUT2D eigenvalue weighted by atomic mass is 16.5. The van der Waals surface area contributed by atoms with Crippen molar-refractivity contribution in [3.05, 3.63) is 88.5 Å². The zero-order valence-corrected chi connectivity index (χ0v) is 23.4. The number of hydrogen-bond acceptors (Lipinski definition) is 4. The van der Waals surface area contributed by atoms with E-state index in [1.54, 1.807) is 13.8 Å². The fourth-order valence-electron chi connectivity index (χ4n) is 5.16. The van der Waals surface area contributed by atoms with Gasteiger partial charge in [0.05, 0.1) is 12.0 Å². The molecule has 0 aromatic heterocycles. The highest BCUT2D eigenvalue weighted by molar-refractivity contribution is 5.83. The molecule has 3 rings (SSSR count). The molecular formula is C33H40O5. The van der Waals surface area contributed by atoms with Crippen LogP contribution in [0.1, 0.15) is 81.2 Å². The Labute approximate surface area is 226 Å². The number of carboxylic acids is 1. The van der Waals surface area contributed by atoms with Crippen LogP contribution in [0.5, 0.6) is 5.75 Å². The van der Waals surface area contributed by atoms with Crippen LogP contribution in [-0.2, 0) is 20.6 Å². The lowest BCUT2D eigenvalue weighted by Crippen LogP contribution is -2.26. The molecule has 3 aromatic carbocycles. The van der Waals surface area contributed by atoms with Crippen LogP contribution in [0.15, 0.2) is 60.7 Å². The number of aliphatic carboxylic acids is 1. The minimum atomic E-state index is -0.985. The summed E-state index contributed by atoms with van der Waals surface area (Å²) in [6.07, 6.45) is 1.64. The van der Waals surface area contributed by atoms with E-state index in [4.69, 9.17) is 9.84 Å². The average Bonchev–Trinajstić information content (AvgIpc) is 2.87. The van der Waals surface area contributed by atoms with Crippen molar-refractivity contribution in [2.45, 2.75) is 78.2 Å². The van der Waals surface area contributed by atoms with Crippen LogP contribution in [0.2, 0.25) is 0 Å². The van der Waals surface area contributed by atoms with Gasteiger partial charge in [-0.15, -0.1) is 0 Å². The lowest BCUT2D eigenvalue weighted by atomic mass is 9.69. The summed E-state index contributed by atoms with van der Waals surface area (Å²) < 4.78 is 5.73. The molecule has 3 aromatic rings. The molecular weight excluding hydrogens is 476 g/mol. The standard InChI is InChI=1S/C33H40O5/c1-7-33(8-2,27-14-17-30(23(4)20-27)38-21-28(34)15-18-31(35)36)26-13-16-29(22(3)19-26)24-9-11-25(12-10-24)32(5,6)37/h9-14,16-17,19-20,37H,7-8,15,18,21H2,1-6H3,(H,35,36). The van der Waals surface area contributed by atoms with E-state index in [2.05, 4.69) is 63.2 Å². The first-order valence-electron chi connectivity index (χ1n) is 13.3. The van der Waals surface area contributed by atoms with Gasteiger partial charge in [-0.25, -0.2) is 0 Å². The largest absolute Gasteiger partial charge is 0.486 e. The molecule has 5 nitrogen and oxygen atoms in total. The van der Waals surface area contributed by atoms with Crippen molar-refractivity contribution >= 4 is 11.8 Å². The van der Waals surface area contributed by atoms with Gasteiger partial charge in [0.1, 0.15) is 12.4 Å². The van der Waals surface area contributed by atoms with Gasteiger partial charge in [-0.2, -0.15) is 0 Å². The Bertz CT molecular complexity index is 1280.